The predicted molar refractivity (Wildman–Crippen MR) is 137 cm³/mol. The molecule has 0 bridgehead atoms. The summed E-state index contributed by atoms with van der Waals surface area (Å²) in [6, 6.07) is 11.4. The van der Waals surface area contributed by atoms with E-state index in [4.69, 9.17) is 4.98 Å². The number of aromatic nitrogens is 3. The molecule has 3 aromatic heterocycles. The second kappa shape index (κ2) is 9.90. The van der Waals surface area contributed by atoms with Crippen molar-refractivity contribution in [2.45, 2.75) is 37.8 Å². The van der Waals surface area contributed by atoms with Crippen molar-refractivity contribution >= 4 is 45.4 Å². The van der Waals surface area contributed by atoms with Gasteiger partial charge in [0.1, 0.15) is 4.83 Å². The summed E-state index contributed by atoms with van der Waals surface area (Å²) < 4.78 is 1.64. The maximum Gasteiger partial charge on any atom is 0.267 e. The molecule has 0 unspecified atom stereocenters. The van der Waals surface area contributed by atoms with Gasteiger partial charge < -0.3 is 0 Å². The van der Waals surface area contributed by atoms with E-state index in [1.165, 1.54) is 22.9 Å². The molecule has 1 aromatic carbocycles. The predicted octanol–water partition coefficient (Wildman–Crippen LogP) is 4.27. The lowest BCUT2D eigenvalue weighted by Gasteiger charge is -2.13. The van der Waals surface area contributed by atoms with Gasteiger partial charge in [-0.05, 0) is 56.4 Å². The molecule has 0 radical (unpaired) electrons. The zero-order valence-corrected chi connectivity index (χ0v) is 20.3. The summed E-state index contributed by atoms with van der Waals surface area (Å²) in [5.41, 5.74) is 6.27. The summed E-state index contributed by atoms with van der Waals surface area (Å²) in [5.74, 6) is -0.195. The molecule has 7 nitrogen and oxygen atoms in total. The average Bonchev–Trinajstić information content (AvgIpc) is 3.23. The fourth-order valence-corrected chi connectivity index (χ4v) is 6.11. The first-order chi connectivity index (χ1) is 16.6. The van der Waals surface area contributed by atoms with Crippen LogP contribution in [0.15, 0.2) is 63.8 Å². The molecule has 0 atom stereocenters. The molecule has 1 amide bonds. The van der Waals surface area contributed by atoms with Crippen molar-refractivity contribution in [1.29, 1.82) is 0 Å². The van der Waals surface area contributed by atoms with Gasteiger partial charge in [-0.1, -0.05) is 35.5 Å². The highest BCUT2D eigenvalue weighted by Crippen LogP contribution is 2.35. The Morgan fingerprint density at radius 1 is 1.24 bits per heavy atom. The number of hydrogen-bond acceptors (Lipinski definition) is 7. The first-order valence-electron chi connectivity index (χ1n) is 11.1. The summed E-state index contributed by atoms with van der Waals surface area (Å²) in [4.78, 5) is 37.1. The molecule has 1 aliphatic rings. The molecular formula is C25H23N5O2S2. The normalized spacial score (nSPS) is 13.3. The van der Waals surface area contributed by atoms with Gasteiger partial charge in [0, 0.05) is 22.8 Å². The van der Waals surface area contributed by atoms with E-state index in [0.29, 0.717) is 5.16 Å². The third kappa shape index (κ3) is 4.67. The molecule has 3 heterocycles. The monoisotopic (exact) mass is 489 g/mol. The molecule has 0 fully saturated rings. The van der Waals surface area contributed by atoms with Gasteiger partial charge in [-0.15, -0.1) is 11.3 Å². The molecule has 0 aliphatic heterocycles. The van der Waals surface area contributed by atoms with Crippen molar-refractivity contribution in [3.8, 4) is 5.69 Å². The number of carbonyl (C=O) groups excluding carboxylic acids is 1. The first-order valence-corrected chi connectivity index (χ1v) is 12.9. The zero-order chi connectivity index (χ0) is 23.5. The van der Waals surface area contributed by atoms with Crippen LogP contribution in [0.3, 0.4) is 0 Å². The Morgan fingerprint density at radius 2 is 2.06 bits per heavy atom. The number of hydrogen-bond donors (Lipinski definition) is 1. The maximum absolute atomic E-state index is 13.7. The summed E-state index contributed by atoms with van der Waals surface area (Å²) in [6.07, 6.45) is 9.03. The van der Waals surface area contributed by atoms with Gasteiger partial charge in [0.25, 0.3) is 11.5 Å². The van der Waals surface area contributed by atoms with Crippen molar-refractivity contribution in [2.24, 2.45) is 5.10 Å². The lowest BCUT2D eigenvalue weighted by molar-refractivity contribution is -0.118. The smallest absolute Gasteiger partial charge is 0.267 e. The molecule has 0 spiro atoms. The molecule has 5 rings (SSSR count). The minimum absolute atomic E-state index is 0.0641. The van der Waals surface area contributed by atoms with Crippen LogP contribution < -0.4 is 11.0 Å². The van der Waals surface area contributed by atoms with E-state index in [9.17, 15) is 9.59 Å². The number of thioether (sulfide) groups is 1. The Morgan fingerprint density at radius 3 is 2.85 bits per heavy atom. The number of nitrogens with zero attached hydrogens (tertiary/aromatic N) is 4. The van der Waals surface area contributed by atoms with Crippen LogP contribution in [0.25, 0.3) is 15.9 Å². The number of benzene rings is 1. The minimum atomic E-state index is -0.277. The molecule has 9 heteroatoms. The van der Waals surface area contributed by atoms with E-state index in [0.717, 1.165) is 58.3 Å². The van der Waals surface area contributed by atoms with Crippen molar-refractivity contribution in [3.63, 3.8) is 0 Å². The van der Waals surface area contributed by atoms with Crippen molar-refractivity contribution in [3.05, 3.63) is 80.7 Å². The van der Waals surface area contributed by atoms with Crippen molar-refractivity contribution in [2.75, 3.05) is 5.75 Å². The van der Waals surface area contributed by atoms with Crippen LogP contribution in [0.4, 0.5) is 0 Å². The van der Waals surface area contributed by atoms with Crippen LogP contribution in [0, 0.1) is 6.92 Å². The number of pyridine rings is 1. The highest BCUT2D eigenvalue weighted by atomic mass is 32.2. The number of amides is 1. The topological polar surface area (TPSA) is 89.2 Å². The Bertz CT molecular complexity index is 1430. The lowest BCUT2D eigenvalue weighted by Crippen LogP contribution is -2.24. The van der Waals surface area contributed by atoms with Crippen LogP contribution in [0.5, 0.6) is 0 Å². The molecule has 0 saturated carbocycles. The van der Waals surface area contributed by atoms with Gasteiger partial charge in [0.2, 0.25) is 0 Å². The van der Waals surface area contributed by atoms with E-state index in [-0.39, 0.29) is 17.2 Å². The SMILES string of the molecule is Cc1ccc(-n2c(SCC(=O)N/N=C/c3cccnc3)nc3sc4c(c3c2=O)CCCC4)cc1. The third-order valence-electron chi connectivity index (χ3n) is 5.67. The number of hydrazone groups is 1. The van der Waals surface area contributed by atoms with E-state index in [1.54, 1.807) is 34.4 Å². The molecule has 34 heavy (non-hydrogen) atoms. The molecule has 172 valence electrons. The number of nitrogens with one attached hydrogen (secondary N) is 1. The maximum atomic E-state index is 13.7. The largest absolute Gasteiger partial charge is 0.272 e. The third-order valence-corrected chi connectivity index (χ3v) is 7.79. The van der Waals surface area contributed by atoms with Gasteiger partial charge in [-0.3, -0.25) is 19.1 Å². The Balaban J connectivity index is 1.45. The van der Waals surface area contributed by atoms with E-state index in [2.05, 4.69) is 15.5 Å². The average molecular weight is 490 g/mol. The van der Waals surface area contributed by atoms with Crippen LogP contribution >= 0.6 is 23.1 Å². The summed E-state index contributed by atoms with van der Waals surface area (Å²) >= 11 is 2.85. The van der Waals surface area contributed by atoms with Gasteiger partial charge >= 0.3 is 0 Å². The first kappa shape index (κ1) is 22.5. The number of carbonyl (C=O) groups is 1. The quantitative estimate of drug-likeness (QED) is 0.189. The van der Waals surface area contributed by atoms with Gasteiger partial charge in [-0.2, -0.15) is 5.10 Å². The Labute approximate surface area is 205 Å². The number of fused-ring (bicyclic) bond motifs is 3. The Kier molecular flexibility index (Phi) is 6.55. The van der Waals surface area contributed by atoms with E-state index < -0.39 is 0 Å². The summed E-state index contributed by atoms with van der Waals surface area (Å²) in [7, 11) is 0. The number of aryl methyl sites for hydroxylation is 3. The van der Waals surface area contributed by atoms with Crippen LogP contribution in [-0.4, -0.2) is 32.4 Å². The van der Waals surface area contributed by atoms with E-state index >= 15 is 0 Å². The number of thiophene rings is 1. The second-order valence-electron chi connectivity index (χ2n) is 8.13. The molecular weight excluding hydrogens is 466 g/mol. The highest BCUT2D eigenvalue weighted by Gasteiger charge is 2.23. The Hall–Kier alpha value is -3.30. The fraction of sp³-hybridized carbons (Fsp3) is 0.240. The van der Waals surface area contributed by atoms with E-state index in [1.807, 2.05) is 37.3 Å². The molecule has 1 aliphatic carbocycles. The fourth-order valence-electron chi connectivity index (χ4n) is 4.00. The van der Waals surface area contributed by atoms with Gasteiger partial charge in [0.05, 0.1) is 23.0 Å². The van der Waals surface area contributed by atoms with Gasteiger partial charge in [-0.25, -0.2) is 10.4 Å². The number of rotatable bonds is 6. The highest BCUT2D eigenvalue weighted by molar-refractivity contribution is 7.99. The zero-order valence-electron chi connectivity index (χ0n) is 18.7. The van der Waals surface area contributed by atoms with Crippen LogP contribution in [0.1, 0.15) is 34.4 Å². The lowest BCUT2D eigenvalue weighted by atomic mass is 9.97. The van der Waals surface area contributed by atoms with Crippen molar-refractivity contribution in [1.82, 2.24) is 20.0 Å². The standard InChI is InChI=1S/C25H23N5O2S2/c1-16-8-10-18(11-9-16)30-24(32)22-19-6-2-3-7-20(19)34-23(22)28-25(30)33-15-21(31)29-27-14-17-5-4-12-26-13-17/h4-5,8-14H,2-3,6-7,15H2,1H3,(H,29,31)/b27-14+. The van der Waals surface area contributed by atoms with Crippen LogP contribution in [0.2, 0.25) is 0 Å². The molecule has 0 saturated heterocycles. The minimum Gasteiger partial charge on any atom is -0.272 e. The second-order valence-corrected chi connectivity index (χ2v) is 10.2. The van der Waals surface area contributed by atoms with Gasteiger partial charge in [0.15, 0.2) is 5.16 Å². The van der Waals surface area contributed by atoms with Crippen LogP contribution in [-0.2, 0) is 17.6 Å². The summed E-state index contributed by atoms with van der Waals surface area (Å²) in [6.45, 7) is 2.01. The molecule has 1 N–H and O–H groups in total. The molecule has 4 aromatic rings. The van der Waals surface area contributed by atoms with Crippen molar-refractivity contribution < 1.29 is 4.79 Å². The summed E-state index contributed by atoms with van der Waals surface area (Å²) in [5, 5.41) is 5.23.